The smallest absolute Gasteiger partial charge is 0.236 e. The highest BCUT2D eigenvalue weighted by molar-refractivity contribution is 7.92. The Bertz CT molecular complexity index is 538. The van der Waals surface area contributed by atoms with Crippen LogP contribution < -0.4 is 5.32 Å². The van der Waals surface area contributed by atoms with Crippen molar-refractivity contribution < 1.29 is 8.42 Å². The molecule has 2 rings (SSSR count). The topological polar surface area (TPSA) is 49.4 Å². The van der Waals surface area contributed by atoms with Crippen molar-refractivity contribution in [2.45, 2.75) is 12.8 Å². The van der Waals surface area contributed by atoms with Crippen LogP contribution in [0, 0.1) is 5.92 Å². The summed E-state index contributed by atoms with van der Waals surface area (Å²) in [6.45, 7) is 2.11. The van der Waals surface area contributed by atoms with Crippen LogP contribution in [0.3, 0.4) is 0 Å². The monoisotopic (exact) mass is 294 g/mol. The zero-order valence-corrected chi connectivity index (χ0v) is 12.6. The lowest BCUT2D eigenvalue weighted by atomic mass is 10.00. The second-order valence-corrected chi connectivity index (χ2v) is 7.00. The van der Waals surface area contributed by atoms with E-state index in [1.165, 1.54) is 5.41 Å². The summed E-state index contributed by atoms with van der Waals surface area (Å²) in [7, 11) is -1.40. The van der Waals surface area contributed by atoms with Crippen molar-refractivity contribution in [3.8, 4) is 0 Å². The van der Waals surface area contributed by atoms with Gasteiger partial charge in [-0.05, 0) is 44.0 Å². The predicted octanol–water partition coefficient (Wildman–Crippen LogP) is 1.92. The van der Waals surface area contributed by atoms with Crippen LogP contribution in [-0.2, 0) is 10.0 Å². The van der Waals surface area contributed by atoms with E-state index in [0.29, 0.717) is 19.0 Å². The lowest BCUT2D eigenvalue weighted by molar-refractivity contribution is 0.265. The van der Waals surface area contributed by atoms with E-state index in [-0.39, 0.29) is 0 Å². The Morgan fingerprint density at radius 3 is 2.80 bits per heavy atom. The summed E-state index contributed by atoms with van der Waals surface area (Å²) in [5.41, 5.74) is 0.903. The van der Waals surface area contributed by atoms with Gasteiger partial charge in [-0.25, -0.2) is 8.42 Å². The average Bonchev–Trinajstić information content (AvgIpc) is 2.47. The maximum absolute atomic E-state index is 12.3. The van der Waals surface area contributed by atoms with Crippen molar-refractivity contribution in [2.75, 3.05) is 26.7 Å². The number of nitrogens with zero attached hydrogens (tertiary/aromatic N) is 1. The van der Waals surface area contributed by atoms with E-state index in [9.17, 15) is 8.42 Å². The quantitative estimate of drug-likeness (QED) is 0.902. The van der Waals surface area contributed by atoms with Crippen LogP contribution in [0.4, 0.5) is 0 Å². The molecular weight excluding hydrogens is 272 g/mol. The summed E-state index contributed by atoms with van der Waals surface area (Å²) < 4.78 is 26.3. The predicted molar refractivity (Wildman–Crippen MR) is 82.6 cm³/mol. The van der Waals surface area contributed by atoms with Crippen LogP contribution in [0.5, 0.6) is 0 Å². The highest BCUT2D eigenvalue weighted by Crippen LogP contribution is 2.19. The molecule has 0 aromatic heterocycles. The van der Waals surface area contributed by atoms with E-state index in [1.54, 1.807) is 10.4 Å². The molecule has 0 radical (unpaired) electrons. The minimum absolute atomic E-state index is 0.411. The standard InChI is InChI=1S/C15H22N2O2S/c1-16-12-15-8-5-10-17(13-15)20(18,19)11-9-14-6-3-2-4-7-14/h2-4,6-7,9,11,15-16H,5,8,10,12-13H2,1H3/b11-9+. The fourth-order valence-corrected chi connectivity index (χ4v) is 3.83. The molecule has 110 valence electrons. The van der Waals surface area contributed by atoms with Gasteiger partial charge < -0.3 is 5.32 Å². The van der Waals surface area contributed by atoms with Crippen LogP contribution in [0.1, 0.15) is 18.4 Å². The molecule has 1 saturated heterocycles. The second kappa shape index (κ2) is 7.02. The molecule has 1 aliphatic heterocycles. The van der Waals surface area contributed by atoms with E-state index in [4.69, 9.17) is 0 Å². The van der Waals surface area contributed by atoms with Crippen molar-refractivity contribution in [2.24, 2.45) is 5.92 Å². The lowest BCUT2D eigenvalue weighted by Gasteiger charge is -2.30. The van der Waals surface area contributed by atoms with Crippen LogP contribution in [0.2, 0.25) is 0 Å². The fourth-order valence-electron chi connectivity index (χ4n) is 2.53. The molecule has 1 aromatic carbocycles. The number of hydrogen-bond donors (Lipinski definition) is 1. The Morgan fingerprint density at radius 2 is 2.10 bits per heavy atom. The molecule has 0 saturated carbocycles. The molecule has 0 aliphatic carbocycles. The van der Waals surface area contributed by atoms with Gasteiger partial charge in [-0.2, -0.15) is 4.31 Å². The minimum atomic E-state index is -3.31. The molecule has 5 heteroatoms. The number of nitrogens with one attached hydrogen (secondary N) is 1. The van der Waals surface area contributed by atoms with Gasteiger partial charge in [0.15, 0.2) is 0 Å². The minimum Gasteiger partial charge on any atom is -0.319 e. The van der Waals surface area contributed by atoms with E-state index >= 15 is 0 Å². The van der Waals surface area contributed by atoms with Gasteiger partial charge in [-0.3, -0.25) is 0 Å². The molecule has 0 spiro atoms. The summed E-state index contributed by atoms with van der Waals surface area (Å²) in [6.07, 6.45) is 3.69. The number of piperidine rings is 1. The molecule has 0 amide bonds. The van der Waals surface area contributed by atoms with Crippen LogP contribution in [0.25, 0.3) is 6.08 Å². The molecule has 1 fully saturated rings. The highest BCUT2D eigenvalue weighted by atomic mass is 32.2. The molecule has 1 aliphatic rings. The largest absolute Gasteiger partial charge is 0.319 e. The van der Waals surface area contributed by atoms with Gasteiger partial charge in [-0.1, -0.05) is 30.3 Å². The Kier molecular flexibility index (Phi) is 5.34. The molecule has 1 unspecified atom stereocenters. The summed E-state index contributed by atoms with van der Waals surface area (Å²) in [5, 5.41) is 4.45. The van der Waals surface area contributed by atoms with E-state index in [1.807, 2.05) is 37.4 Å². The molecule has 1 atom stereocenters. The SMILES string of the molecule is CNCC1CCCN(S(=O)(=O)/C=C/c2ccccc2)C1. The molecule has 1 heterocycles. The molecular formula is C15H22N2O2S. The lowest BCUT2D eigenvalue weighted by Crippen LogP contribution is -2.41. The summed E-state index contributed by atoms with van der Waals surface area (Å²) in [5.74, 6) is 0.411. The third-order valence-corrected chi connectivity index (χ3v) is 5.10. The average molecular weight is 294 g/mol. The van der Waals surface area contributed by atoms with Crippen LogP contribution in [-0.4, -0.2) is 39.4 Å². The van der Waals surface area contributed by atoms with Crippen molar-refractivity contribution in [3.63, 3.8) is 0 Å². The first-order valence-corrected chi connectivity index (χ1v) is 8.50. The van der Waals surface area contributed by atoms with Gasteiger partial charge in [0.2, 0.25) is 10.0 Å². The van der Waals surface area contributed by atoms with Gasteiger partial charge in [0, 0.05) is 18.5 Å². The second-order valence-electron chi connectivity index (χ2n) is 5.18. The number of benzene rings is 1. The molecule has 20 heavy (non-hydrogen) atoms. The molecule has 1 N–H and O–H groups in total. The van der Waals surface area contributed by atoms with E-state index < -0.39 is 10.0 Å². The van der Waals surface area contributed by atoms with Gasteiger partial charge in [0.05, 0.1) is 0 Å². The summed E-state index contributed by atoms with van der Waals surface area (Å²) in [4.78, 5) is 0. The first kappa shape index (κ1) is 15.2. The Labute approximate surface area is 121 Å². The summed E-state index contributed by atoms with van der Waals surface area (Å²) >= 11 is 0. The normalized spacial score (nSPS) is 21.4. The molecule has 4 nitrogen and oxygen atoms in total. The Hall–Kier alpha value is -1.17. The van der Waals surface area contributed by atoms with Crippen molar-refractivity contribution >= 4 is 16.1 Å². The zero-order chi connectivity index (χ0) is 14.4. The third kappa shape index (κ3) is 4.16. The molecule has 0 bridgehead atoms. The first-order valence-electron chi connectivity index (χ1n) is 7.00. The van der Waals surface area contributed by atoms with E-state index in [0.717, 1.165) is 24.9 Å². The maximum Gasteiger partial charge on any atom is 0.236 e. The van der Waals surface area contributed by atoms with Crippen molar-refractivity contribution in [1.29, 1.82) is 0 Å². The zero-order valence-electron chi connectivity index (χ0n) is 11.8. The van der Waals surface area contributed by atoms with Gasteiger partial charge >= 0.3 is 0 Å². The first-order chi connectivity index (χ1) is 9.62. The van der Waals surface area contributed by atoms with Gasteiger partial charge in [-0.15, -0.1) is 0 Å². The Morgan fingerprint density at radius 1 is 1.35 bits per heavy atom. The maximum atomic E-state index is 12.3. The number of hydrogen-bond acceptors (Lipinski definition) is 3. The van der Waals surface area contributed by atoms with Gasteiger partial charge in [0.1, 0.15) is 0 Å². The van der Waals surface area contributed by atoms with Crippen LogP contribution >= 0.6 is 0 Å². The fraction of sp³-hybridized carbons (Fsp3) is 0.467. The Balaban J connectivity index is 2.04. The number of rotatable bonds is 5. The molecule has 1 aromatic rings. The van der Waals surface area contributed by atoms with Crippen molar-refractivity contribution in [3.05, 3.63) is 41.3 Å². The number of sulfonamides is 1. The highest BCUT2D eigenvalue weighted by Gasteiger charge is 2.26. The van der Waals surface area contributed by atoms with Crippen LogP contribution in [0.15, 0.2) is 35.7 Å². The summed E-state index contributed by atoms with van der Waals surface area (Å²) in [6, 6.07) is 9.50. The van der Waals surface area contributed by atoms with Crippen molar-refractivity contribution in [1.82, 2.24) is 9.62 Å². The third-order valence-electron chi connectivity index (χ3n) is 3.57. The van der Waals surface area contributed by atoms with Gasteiger partial charge in [0.25, 0.3) is 0 Å². The van der Waals surface area contributed by atoms with E-state index in [2.05, 4.69) is 5.32 Å².